The standard InChI is InChI=1S/C16H24N2O3/c19-15(11-17-13-8-4-5-9-13)14(18-16(20)21)10-12-6-2-1-3-7-12/h1-3,6-7,13-15,17-19H,4-5,8-11H2,(H,20,21)/t14-,15+/m0/s1. The number of benzene rings is 1. The lowest BCUT2D eigenvalue weighted by Crippen LogP contribution is -2.49. The van der Waals surface area contributed by atoms with Crippen LogP contribution in [0.15, 0.2) is 30.3 Å². The number of nitrogens with one attached hydrogen (secondary N) is 2. The van der Waals surface area contributed by atoms with Crippen molar-refractivity contribution in [3.05, 3.63) is 35.9 Å². The summed E-state index contributed by atoms with van der Waals surface area (Å²) >= 11 is 0. The van der Waals surface area contributed by atoms with Gasteiger partial charge in [0, 0.05) is 12.6 Å². The molecule has 0 aliphatic heterocycles. The first-order valence-electron chi connectivity index (χ1n) is 7.60. The van der Waals surface area contributed by atoms with Crippen molar-refractivity contribution in [1.82, 2.24) is 10.6 Å². The fraction of sp³-hybridized carbons (Fsp3) is 0.562. The fourth-order valence-corrected chi connectivity index (χ4v) is 2.87. The van der Waals surface area contributed by atoms with Crippen molar-refractivity contribution in [2.24, 2.45) is 0 Å². The summed E-state index contributed by atoms with van der Waals surface area (Å²) in [5, 5.41) is 25.0. The molecule has 0 spiro atoms. The van der Waals surface area contributed by atoms with Crippen molar-refractivity contribution in [1.29, 1.82) is 0 Å². The first-order valence-corrected chi connectivity index (χ1v) is 7.60. The maximum absolute atomic E-state index is 10.9. The zero-order chi connectivity index (χ0) is 15.1. The normalized spacial score (nSPS) is 18.3. The van der Waals surface area contributed by atoms with Crippen molar-refractivity contribution in [2.45, 2.75) is 50.3 Å². The molecule has 0 radical (unpaired) electrons. The minimum Gasteiger partial charge on any atom is -0.465 e. The molecule has 2 rings (SSSR count). The summed E-state index contributed by atoms with van der Waals surface area (Å²) < 4.78 is 0. The molecule has 0 unspecified atom stereocenters. The van der Waals surface area contributed by atoms with Crippen LogP contribution in [0, 0.1) is 0 Å². The molecule has 116 valence electrons. The zero-order valence-corrected chi connectivity index (χ0v) is 12.2. The zero-order valence-electron chi connectivity index (χ0n) is 12.2. The van der Waals surface area contributed by atoms with E-state index < -0.39 is 18.2 Å². The first kappa shape index (κ1) is 15.8. The monoisotopic (exact) mass is 292 g/mol. The van der Waals surface area contributed by atoms with Crippen LogP contribution >= 0.6 is 0 Å². The number of aliphatic hydroxyl groups is 1. The number of amides is 1. The van der Waals surface area contributed by atoms with Gasteiger partial charge in [0.25, 0.3) is 0 Å². The average Bonchev–Trinajstić information content (AvgIpc) is 2.98. The highest BCUT2D eigenvalue weighted by Crippen LogP contribution is 2.17. The summed E-state index contributed by atoms with van der Waals surface area (Å²) in [6.45, 7) is 0.419. The highest BCUT2D eigenvalue weighted by molar-refractivity contribution is 5.65. The van der Waals surface area contributed by atoms with Gasteiger partial charge < -0.3 is 20.8 Å². The molecule has 0 heterocycles. The largest absolute Gasteiger partial charge is 0.465 e. The number of carboxylic acid groups (broad SMARTS) is 1. The molecule has 1 fully saturated rings. The maximum atomic E-state index is 10.9. The Morgan fingerprint density at radius 2 is 1.90 bits per heavy atom. The summed E-state index contributed by atoms with van der Waals surface area (Å²) in [4.78, 5) is 10.9. The summed E-state index contributed by atoms with van der Waals surface area (Å²) in [5.41, 5.74) is 1.01. The molecular formula is C16H24N2O3. The summed E-state index contributed by atoms with van der Waals surface area (Å²) in [5.74, 6) is 0. The number of carbonyl (C=O) groups is 1. The number of hydrogen-bond donors (Lipinski definition) is 4. The van der Waals surface area contributed by atoms with Gasteiger partial charge in [-0.25, -0.2) is 4.79 Å². The average molecular weight is 292 g/mol. The van der Waals surface area contributed by atoms with E-state index in [1.165, 1.54) is 12.8 Å². The van der Waals surface area contributed by atoms with Gasteiger partial charge in [0.15, 0.2) is 0 Å². The molecule has 5 heteroatoms. The van der Waals surface area contributed by atoms with E-state index in [0.717, 1.165) is 18.4 Å². The van der Waals surface area contributed by atoms with Gasteiger partial charge in [0.1, 0.15) is 0 Å². The van der Waals surface area contributed by atoms with Gasteiger partial charge in [-0.2, -0.15) is 0 Å². The highest BCUT2D eigenvalue weighted by atomic mass is 16.4. The second kappa shape index (κ2) is 8.00. The second-order valence-electron chi connectivity index (χ2n) is 5.70. The summed E-state index contributed by atoms with van der Waals surface area (Å²) in [6.07, 6.45) is 3.40. The molecule has 21 heavy (non-hydrogen) atoms. The summed E-state index contributed by atoms with van der Waals surface area (Å²) in [7, 11) is 0. The van der Waals surface area contributed by atoms with Crippen LogP contribution < -0.4 is 10.6 Å². The third-order valence-corrected chi connectivity index (χ3v) is 4.04. The van der Waals surface area contributed by atoms with Crippen LogP contribution in [0.25, 0.3) is 0 Å². The molecule has 1 aliphatic carbocycles. The lowest BCUT2D eigenvalue weighted by atomic mass is 10.0. The molecule has 4 N–H and O–H groups in total. The molecule has 2 atom stereocenters. The van der Waals surface area contributed by atoms with Gasteiger partial charge in [0.2, 0.25) is 0 Å². The Morgan fingerprint density at radius 1 is 1.24 bits per heavy atom. The van der Waals surface area contributed by atoms with Gasteiger partial charge >= 0.3 is 6.09 Å². The first-order chi connectivity index (χ1) is 10.1. The molecule has 0 bridgehead atoms. The molecule has 1 amide bonds. The Kier molecular flexibility index (Phi) is 6.02. The highest BCUT2D eigenvalue weighted by Gasteiger charge is 2.23. The van der Waals surface area contributed by atoms with Crippen LogP contribution in [0.4, 0.5) is 4.79 Å². The van der Waals surface area contributed by atoms with Crippen molar-refractivity contribution >= 4 is 6.09 Å². The summed E-state index contributed by atoms with van der Waals surface area (Å²) in [6, 6.07) is 9.58. The van der Waals surface area contributed by atoms with Crippen molar-refractivity contribution in [2.75, 3.05) is 6.54 Å². The second-order valence-corrected chi connectivity index (χ2v) is 5.70. The predicted octanol–water partition coefficient (Wildman–Crippen LogP) is 1.76. The Balaban J connectivity index is 1.89. The predicted molar refractivity (Wildman–Crippen MR) is 81.4 cm³/mol. The van der Waals surface area contributed by atoms with Gasteiger partial charge in [-0.1, -0.05) is 43.2 Å². The SMILES string of the molecule is O=C(O)N[C@@H](Cc1ccccc1)[C@H](O)CNC1CCCC1. The number of hydrogen-bond acceptors (Lipinski definition) is 3. The van der Waals surface area contributed by atoms with E-state index in [1.807, 2.05) is 30.3 Å². The van der Waals surface area contributed by atoms with E-state index in [0.29, 0.717) is 19.0 Å². The van der Waals surface area contributed by atoms with Crippen molar-refractivity contribution in [3.8, 4) is 0 Å². The molecule has 0 aromatic heterocycles. The van der Waals surface area contributed by atoms with Crippen molar-refractivity contribution < 1.29 is 15.0 Å². The maximum Gasteiger partial charge on any atom is 0.404 e. The van der Waals surface area contributed by atoms with Gasteiger partial charge in [0.05, 0.1) is 12.1 Å². The van der Waals surface area contributed by atoms with Crippen LogP contribution in [0.2, 0.25) is 0 Å². The number of rotatable bonds is 7. The molecule has 0 saturated heterocycles. The van der Waals surface area contributed by atoms with Gasteiger partial charge in [-0.15, -0.1) is 0 Å². The van der Waals surface area contributed by atoms with Gasteiger partial charge in [-0.3, -0.25) is 0 Å². The Labute approximate surface area is 125 Å². The van der Waals surface area contributed by atoms with Crippen molar-refractivity contribution in [3.63, 3.8) is 0 Å². The Bertz CT molecular complexity index is 432. The smallest absolute Gasteiger partial charge is 0.404 e. The Hall–Kier alpha value is -1.59. The van der Waals surface area contributed by atoms with Crippen LogP contribution in [0.3, 0.4) is 0 Å². The van der Waals surface area contributed by atoms with E-state index in [1.54, 1.807) is 0 Å². The lowest BCUT2D eigenvalue weighted by Gasteiger charge is -2.25. The van der Waals surface area contributed by atoms with E-state index >= 15 is 0 Å². The van der Waals surface area contributed by atoms with Gasteiger partial charge in [-0.05, 0) is 24.8 Å². The Morgan fingerprint density at radius 3 is 2.52 bits per heavy atom. The molecule has 1 saturated carbocycles. The van der Waals surface area contributed by atoms with E-state index in [4.69, 9.17) is 5.11 Å². The molecule has 1 aromatic carbocycles. The molecular weight excluding hydrogens is 268 g/mol. The minimum atomic E-state index is -1.10. The van der Waals surface area contributed by atoms with E-state index in [-0.39, 0.29) is 0 Å². The quantitative estimate of drug-likeness (QED) is 0.617. The van der Waals surface area contributed by atoms with Crippen LogP contribution in [-0.2, 0) is 6.42 Å². The van der Waals surface area contributed by atoms with E-state index in [2.05, 4.69) is 10.6 Å². The topological polar surface area (TPSA) is 81.6 Å². The fourth-order valence-electron chi connectivity index (χ4n) is 2.87. The molecule has 5 nitrogen and oxygen atoms in total. The lowest BCUT2D eigenvalue weighted by molar-refractivity contribution is 0.115. The molecule has 1 aliphatic rings. The number of aliphatic hydroxyl groups excluding tert-OH is 1. The third-order valence-electron chi connectivity index (χ3n) is 4.04. The van der Waals surface area contributed by atoms with E-state index in [9.17, 15) is 9.90 Å². The molecule has 1 aromatic rings. The minimum absolute atomic E-state index is 0.419. The van der Waals surface area contributed by atoms with Crippen LogP contribution in [0.5, 0.6) is 0 Å². The van der Waals surface area contributed by atoms with Crippen LogP contribution in [-0.4, -0.2) is 41.0 Å². The van der Waals surface area contributed by atoms with Crippen LogP contribution in [0.1, 0.15) is 31.2 Å². The third kappa shape index (κ3) is 5.36.